The summed E-state index contributed by atoms with van der Waals surface area (Å²) in [6.07, 6.45) is 3.26. The van der Waals surface area contributed by atoms with Crippen molar-refractivity contribution >= 4 is 17.4 Å². The Balaban J connectivity index is 1.66. The summed E-state index contributed by atoms with van der Waals surface area (Å²) in [5.74, 6) is 0.804. The zero-order valence-corrected chi connectivity index (χ0v) is 9.72. The lowest BCUT2D eigenvalue weighted by Gasteiger charge is -2.23. The molecule has 88 valence electrons. The minimum atomic E-state index is -0.174. The Morgan fingerprint density at radius 1 is 1.59 bits per heavy atom. The maximum atomic E-state index is 11.8. The first kappa shape index (κ1) is 10.3. The highest BCUT2D eigenvalue weighted by molar-refractivity contribution is 7.03. The molecule has 0 spiro atoms. The van der Waals surface area contributed by atoms with Crippen LogP contribution in [0.1, 0.15) is 22.7 Å². The normalized spacial score (nSPS) is 18.7. The number of aryl methyl sites for hydroxylation is 1. The monoisotopic (exact) mass is 250 g/mol. The lowest BCUT2D eigenvalue weighted by molar-refractivity contribution is 0.0921. The fraction of sp³-hybridized carbons (Fsp3) is 0.444. The van der Waals surface area contributed by atoms with Gasteiger partial charge in [0.05, 0.1) is 6.54 Å². The van der Waals surface area contributed by atoms with Crippen LogP contribution in [-0.4, -0.2) is 36.3 Å². The molecule has 0 aromatic carbocycles. The molecule has 17 heavy (non-hydrogen) atoms. The highest BCUT2D eigenvalue weighted by Gasteiger charge is 2.22. The minimum absolute atomic E-state index is 0.0819. The molecule has 3 heterocycles. The first-order chi connectivity index (χ1) is 8.33. The molecule has 1 N–H and O–H groups in total. The molecule has 1 aliphatic rings. The second-order valence-electron chi connectivity index (χ2n) is 3.86. The zero-order valence-electron chi connectivity index (χ0n) is 8.91. The fourth-order valence-corrected chi connectivity index (χ4v) is 2.31. The first-order valence-corrected chi connectivity index (χ1v) is 6.11. The molecule has 1 amide bonds. The number of rotatable bonds is 2. The van der Waals surface area contributed by atoms with E-state index in [-0.39, 0.29) is 11.9 Å². The summed E-state index contributed by atoms with van der Waals surface area (Å²) in [5, 5.41) is 12.4. The maximum Gasteiger partial charge on any atom is 0.273 e. The van der Waals surface area contributed by atoms with E-state index >= 15 is 0 Å². The average Bonchev–Trinajstić information content (AvgIpc) is 2.99. The second-order valence-corrected chi connectivity index (χ2v) is 4.47. The molecular formula is C9H10N6OS. The average molecular weight is 250 g/mol. The van der Waals surface area contributed by atoms with E-state index in [2.05, 4.69) is 25.0 Å². The molecule has 0 saturated carbocycles. The van der Waals surface area contributed by atoms with Crippen LogP contribution in [0.5, 0.6) is 0 Å². The number of nitrogens with zero attached hydrogens (tertiary/aromatic N) is 5. The van der Waals surface area contributed by atoms with E-state index in [1.54, 1.807) is 11.7 Å². The summed E-state index contributed by atoms with van der Waals surface area (Å²) in [7, 11) is 0. The summed E-state index contributed by atoms with van der Waals surface area (Å²) in [5.41, 5.74) is 0.374. The van der Waals surface area contributed by atoms with Gasteiger partial charge in [-0.05, 0) is 18.0 Å². The van der Waals surface area contributed by atoms with Gasteiger partial charge in [0.25, 0.3) is 5.91 Å². The van der Waals surface area contributed by atoms with Crippen LogP contribution in [-0.2, 0) is 13.0 Å². The quantitative estimate of drug-likeness (QED) is 0.802. The molecule has 2 aromatic heterocycles. The van der Waals surface area contributed by atoms with Crippen molar-refractivity contribution < 1.29 is 4.79 Å². The summed E-state index contributed by atoms with van der Waals surface area (Å²) in [4.78, 5) is 15.9. The number of hydrogen-bond acceptors (Lipinski definition) is 6. The van der Waals surface area contributed by atoms with E-state index in [0.29, 0.717) is 12.2 Å². The predicted octanol–water partition coefficient (Wildman–Crippen LogP) is -0.126. The molecular weight excluding hydrogens is 240 g/mol. The Labute approximate surface area is 101 Å². The van der Waals surface area contributed by atoms with Gasteiger partial charge in [0.1, 0.15) is 12.2 Å². The molecule has 7 nitrogen and oxygen atoms in total. The highest BCUT2D eigenvalue weighted by Crippen LogP contribution is 2.11. The summed E-state index contributed by atoms with van der Waals surface area (Å²) in [6.45, 7) is 0.665. The molecule has 3 rings (SSSR count). The van der Waals surface area contributed by atoms with E-state index in [4.69, 9.17) is 0 Å². The Hall–Kier alpha value is -1.83. The topological polar surface area (TPSA) is 85.6 Å². The van der Waals surface area contributed by atoms with Crippen molar-refractivity contribution in [2.45, 2.75) is 25.4 Å². The van der Waals surface area contributed by atoms with Gasteiger partial charge in [0.15, 0.2) is 5.69 Å². The Kier molecular flexibility index (Phi) is 2.56. The molecule has 0 bridgehead atoms. The van der Waals surface area contributed by atoms with Gasteiger partial charge >= 0.3 is 0 Å². The summed E-state index contributed by atoms with van der Waals surface area (Å²) < 4.78 is 5.49. The first-order valence-electron chi connectivity index (χ1n) is 5.27. The van der Waals surface area contributed by atoms with Crippen LogP contribution < -0.4 is 5.32 Å². The van der Waals surface area contributed by atoms with Crippen molar-refractivity contribution in [2.24, 2.45) is 0 Å². The van der Waals surface area contributed by atoms with Crippen LogP contribution in [0.4, 0.5) is 0 Å². The van der Waals surface area contributed by atoms with E-state index in [9.17, 15) is 4.79 Å². The number of aromatic nitrogens is 5. The van der Waals surface area contributed by atoms with Crippen molar-refractivity contribution in [3.63, 3.8) is 0 Å². The second kappa shape index (κ2) is 4.21. The highest BCUT2D eigenvalue weighted by atomic mass is 32.1. The smallest absolute Gasteiger partial charge is 0.273 e. The van der Waals surface area contributed by atoms with Gasteiger partial charge in [-0.25, -0.2) is 9.67 Å². The molecule has 8 heteroatoms. The summed E-state index contributed by atoms with van der Waals surface area (Å²) >= 11 is 1.17. The van der Waals surface area contributed by atoms with Crippen molar-refractivity contribution in [3.8, 4) is 0 Å². The molecule has 0 aliphatic carbocycles. The zero-order chi connectivity index (χ0) is 11.7. The summed E-state index contributed by atoms with van der Waals surface area (Å²) in [6, 6.07) is 0.0819. The third-order valence-corrected chi connectivity index (χ3v) is 3.24. The van der Waals surface area contributed by atoms with Crippen LogP contribution in [0.3, 0.4) is 0 Å². The van der Waals surface area contributed by atoms with Gasteiger partial charge in [-0.1, -0.05) is 4.49 Å². The SMILES string of the molecule is O=C(NC1CCc2ncnn2C1)c1csnn1. The van der Waals surface area contributed by atoms with Crippen LogP contribution in [0.25, 0.3) is 0 Å². The van der Waals surface area contributed by atoms with Crippen LogP contribution in [0, 0.1) is 0 Å². The van der Waals surface area contributed by atoms with Crippen LogP contribution >= 0.6 is 11.5 Å². The number of amides is 1. The lowest BCUT2D eigenvalue weighted by Crippen LogP contribution is -2.41. The van der Waals surface area contributed by atoms with Crippen molar-refractivity contribution in [2.75, 3.05) is 0 Å². The Morgan fingerprint density at radius 2 is 2.53 bits per heavy atom. The van der Waals surface area contributed by atoms with E-state index < -0.39 is 0 Å². The van der Waals surface area contributed by atoms with Gasteiger partial charge in [-0.15, -0.1) is 5.10 Å². The van der Waals surface area contributed by atoms with Gasteiger partial charge in [0.2, 0.25) is 0 Å². The van der Waals surface area contributed by atoms with Crippen LogP contribution in [0.15, 0.2) is 11.7 Å². The molecule has 0 fully saturated rings. The number of hydrogen-bond donors (Lipinski definition) is 1. The molecule has 1 atom stereocenters. The van der Waals surface area contributed by atoms with Gasteiger partial charge in [-0.3, -0.25) is 4.79 Å². The largest absolute Gasteiger partial charge is 0.346 e. The maximum absolute atomic E-state index is 11.8. The Bertz CT molecular complexity index is 521. The molecule has 0 saturated heterocycles. The lowest BCUT2D eigenvalue weighted by atomic mass is 10.1. The Morgan fingerprint density at radius 3 is 3.35 bits per heavy atom. The number of carbonyl (C=O) groups excluding carboxylic acids is 1. The van der Waals surface area contributed by atoms with Crippen LogP contribution in [0.2, 0.25) is 0 Å². The predicted molar refractivity (Wildman–Crippen MR) is 59.5 cm³/mol. The van der Waals surface area contributed by atoms with Crippen molar-refractivity contribution in [1.29, 1.82) is 0 Å². The molecule has 1 aliphatic heterocycles. The fourth-order valence-electron chi connectivity index (χ4n) is 1.88. The standard InChI is InChI=1S/C9H10N6OS/c16-9(7-4-17-14-13-7)12-6-1-2-8-10-5-11-15(8)3-6/h4-6H,1-3H2,(H,12,16). The van der Waals surface area contributed by atoms with E-state index in [1.165, 1.54) is 11.5 Å². The molecule has 2 aromatic rings. The van der Waals surface area contributed by atoms with Crippen molar-refractivity contribution in [3.05, 3.63) is 23.2 Å². The molecule has 1 unspecified atom stereocenters. The van der Waals surface area contributed by atoms with Gasteiger partial charge in [-0.2, -0.15) is 5.10 Å². The van der Waals surface area contributed by atoms with Gasteiger partial charge < -0.3 is 5.32 Å². The minimum Gasteiger partial charge on any atom is -0.346 e. The van der Waals surface area contributed by atoms with E-state index in [1.807, 2.05) is 4.68 Å². The number of nitrogens with one attached hydrogen (secondary N) is 1. The van der Waals surface area contributed by atoms with Crippen molar-refractivity contribution in [1.82, 2.24) is 29.7 Å². The van der Waals surface area contributed by atoms with Gasteiger partial charge in [0, 0.05) is 17.8 Å². The molecule has 0 radical (unpaired) electrons. The third-order valence-electron chi connectivity index (χ3n) is 2.73. The number of fused-ring (bicyclic) bond motifs is 1. The van der Waals surface area contributed by atoms with E-state index in [0.717, 1.165) is 18.7 Å². The number of carbonyl (C=O) groups is 1. The third kappa shape index (κ3) is 2.03.